The minimum absolute atomic E-state index is 0.0449. The van der Waals surface area contributed by atoms with Gasteiger partial charge in [0.1, 0.15) is 11.3 Å². The molecule has 4 rings (SSSR count). The fourth-order valence-corrected chi connectivity index (χ4v) is 3.43. The van der Waals surface area contributed by atoms with E-state index in [4.69, 9.17) is 27.6 Å². The van der Waals surface area contributed by atoms with Crippen LogP contribution in [-0.2, 0) is 0 Å². The minimum Gasteiger partial charge on any atom is -0.504 e. The number of phenolic OH excluding ortho intramolecular Hbond substituents is 2. The van der Waals surface area contributed by atoms with Crippen LogP contribution in [0.2, 0.25) is 10.0 Å². The highest BCUT2D eigenvalue weighted by Crippen LogP contribution is 2.36. The first-order valence-corrected chi connectivity index (χ1v) is 9.20. The van der Waals surface area contributed by atoms with Gasteiger partial charge in [-0.2, -0.15) is 0 Å². The number of benzene rings is 3. The molecule has 0 aliphatic heterocycles. The normalized spacial score (nSPS) is 11.0. The summed E-state index contributed by atoms with van der Waals surface area (Å²) in [6, 6.07) is 15.0. The Bertz CT molecular complexity index is 1340. The van der Waals surface area contributed by atoms with E-state index in [1.54, 1.807) is 30.3 Å². The van der Waals surface area contributed by atoms with Gasteiger partial charge in [-0.15, -0.1) is 0 Å². The molecule has 0 bridgehead atoms. The van der Waals surface area contributed by atoms with Crippen LogP contribution in [0.15, 0.2) is 69.9 Å². The molecule has 1 aromatic heterocycles. The molecule has 7 heteroatoms. The Balaban J connectivity index is 2.10. The topological polar surface area (TPSA) is 87.7 Å². The summed E-state index contributed by atoms with van der Waals surface area (Å²) in [6.45, 7) is 0. The van der Waals surface area contributed by atoms with Crippen molar-refractivity contribution in [3.05, 3.63) is 92.1 Å². The van der Waals surface area contributed by atoms with Crippen LogP contribution in [0.3, 0.4) is 0 Å². The van der Waals surface area contributed by atoms with Crippen molar-refractivity contribution in [3.63, 3.8) is 0 Å². The van der Waals surface area contributed by atoms with E-state index in [9.17, 15) is 19.8 Å². The number of hydrogen-bond donors (Lipinski definition) is 2. The molecular formula is C22H12Cl2O5. The average Bonchev–Trinajstić information content (AvgIpc) is 2.70. The Kier molecular flexibility index (Phi) is 4.78. The van der Waals surface area contributed by atoms with Crippen molar-refractivity contribution in [2.75, 3.05) is 0 Å². The van der Waals surface area contributed by atoms with Crippen LogP contribution in [0, 0.1) is 0 Å². The van der Waals surface area contributed by atoms with Crippen molar-refractivity contribution in [2.45, 2.75) is 0 Å². The lowest BCUT2D eigenvalue weighted by molar-refractivity contribution is 0.103. The van der Waals surface area contributed by atoms with E-state index in [2.05, 4.69) is 0 Å². The lowest BCUT2D eigenvalue weighted by Crippen LogP contribution is -2.18. The second-order valence-corrected chi connectivity index (χ2v) is 7.17. The Morgan fingerprint density at radius 2 is 1.59 bits per heavy atom. The van der Waals surface area contributed by atoms with E-state index >= 15 is 0 Å². The SMILES string of the molecule is O=C(c1cccc(Cl)c1)c1c(-c2cccc(Cl)c2)oc2c(O)c(O)ccc2c1=O. The molecule has 0 spiro atoms. The molecule has 29 heavy (non-hydrogen) atoms. The minimum atomic E-state index is -0.651. The van der Waals surface area contributed by atoms with Gasteiger partial charge in [0.2, 0.25) is 17.0 Å². The first-order valence-electron chi connectivity index (χ1n) is 8.45. The zero-order chi connectivity index (χ0) is 20.7. The summed E-state index contributed by atoms with van der Waals surface area (Å²) in [4.78, 5) is 26.5. The van der Waals surface area contributed by atoms with Gasteiger partial charge in [-0.25, -0.2) is 0 Å². The van der Waals surface area contributed by atoms with Gasteiger partial charge in [0, 0.05) is 21.2 Å². The summed E-state index contributed by atoms with van der Waals surface area (Å²) in [5, 5.41) is 20.6. The summed E-state index contributed by atoms with van der Waals surface area (Å²) in [5.74, 6) is -1.71. The molecule has 0 amide bonds. The molecular weight excluding hydrogens is 415 g/mol. The molecule has 4 aromatic rings. The summed E-state index contributed by atoms with van der Waals surface area (Å²) < 4.78 is 5.78. The number of carbonyl (C=O) groups is 1. The zero-order valence-corrected chi connectivity index (χ0v) is 16.2. The number of ketones is 1. The third-order valence-corrected chi connectivity index (χ3v) is 4.88. The number of carbonyl (C=O) groups excluding carboxylic acids is 1. The quantitative estimate of drug-likeness (QED) is 0.337. The lowest BCUT2D eigenvalue weighted by atomic mass is 9.97. The average molecular weight is 427 g/mol. The number of hydrogen-bond acceptors (Lipinski definition) is 5. The van der Waals surface area contributed by atoms with Crippen molar-refractivity contribution in [3.8, 4) is 22.8 Å². The van der Waals surface area contributed by atoms with Crippen molar-refractivity contribution in [1.29, 1.82) is 0 Å². The van der Waals surface area contributed by atoms with E-state index in [1.165, 1.54) is 24.3 Å². The molecule has 0 aliphatic rings. The van der Waals surface area contributed by atoms with Crippen LogP contribution >= 0.6 is 23.2 Å². The zero-order valence-electron chi connectivity index (χ0n) is 14.6. The van der Waals surface area contributed by atoms with E-state index in [0.29, 0.717) is 15.6 Å². The van der Waals surface area contributed by atoms with Gasteiger partial charge in [0.05, 0.1) is 5.39 Å². The predicted molar refractivity (Wildman–Crippen MR) is 111 cm³/mol. The smallest absolute Gasteiger partial charge is 0.204 e. The van der Waals surface area contributed by atoms with Gasteiger partial charge in [0.15, 0.2) is 11.3 Å². The third kappa shape index (κ3) is 3.35. The van der Waals surface area contributed by atoms with Gasteiger partial charge < -0.3 is 14.6 Å². The van der Waals surface area contributed by atoms with Gasteiger partial charge in [-0.1, -0.05) is 47.5 Å². The summed E-state index contributed by atoms with van der Waals surface area (Å²) in [7, 11) is 0. The van der Waals surface area contributed by atoms with E-state index in [1.807, 2.05) is 0 Å². The van der Waals surface area contributed by atoms with Crippen molar-refractivity contribution in [1.82, 2.24) is 0 Å². The molecule has 0 unspecified atom stereocenters. The molecule has 3 aromatic carbocycles. The summed E-state index contributed by atoms with van der Waals surface area (Å²) in [6.07, 6.45) is 0. The Morgan fingerprint density at radius 1 is 0.897 bits per heavy atom. The standard InChI is InChI=1S/C22H12Cl2O5/c23-13-5-1-3-11(9-13)18(26)17-19(27)15-7-8-16(25)20(28)22(15)29-21(17)12-4-2-6-14(24)10-12/h1-10,25,28H. The maximum absolute atomic E-state index is 13.2. The van der Waals surface area contributed by atoms with Crippen molar-refractivity contribution in [2.24, 2.45) is 0 Å². The van der Waals surface area contributed by atoms with Crippen LogP contribution in [0.25, 0.3) is 22.3 Å². The molecule has 144 valence electrons. The molecule has 0 saturated heterocycles. The predicted octanol–water partition coefficient (Wildman–Crippen LogP) is 5.41. The number of aromatic hydroxyl groups is 2. The van der Waals surface area contributed by atoms with Crippen LogP contribution < -0.4 is 5.43 Å². The van der Waals surface area contributed by atoms with Crippen molar-refractivity contribution >= 4 is 40.0 Å². The number of halogens is 2. The van der Waals surface area contributed by atoms with Crippen LogP contribution in [0.1, 0.15) is 15.9 Å². The maximum atomic E-state index is 13.2. The monoisotopic (exact) mass is 426 g/mol. The molecule has 1 heterocycles. The van der Waals surface area contributed by atoms with E-state index < -0.39 is 22.7 Å². The molecule has 2 N–H and O–H groups in total. The molecule has 0 saturated carbocycles. The Hall–Kier alpha value is -3.28. The second kappa shape index (κ2) is 7.28. The first kappa shape index (κ1) is 19.1. The first-order chi connectivity index (χ1) is 13.9. The lowest BCUT2D eigenvalue weighted by Gasteiger charge is -2.11. The Morgan fingerprint density at radius 3 is 2.28 bits per heavy atom. The number of phenols is 2. The highest BCUT2D eigenvalue weighted by molar-refractivity contribution is 6.31. The van der Waals surface area contributed by atoms with Crippen LogP contribution in [-0.4, -0.2) is 16.0 Å². The summed E-state index contributed by atoms with van der Waals surface area (Å²) in [5.41, 5.74) is -0.540. The number of fused-ring (bicyclic) bond motifs is 1. The third-order valence-electron chi connectivity index (χ3n) is 4.41. The number of rotatable bonds is 3. The van der Waals surface area contributed by atoms with E-state index in [-0.39, 0.29) is 27.9 Å². The van der Waals surface area contributed by atoms with Gasteiger partial charge in [-0.05, 0) is 36.4 Å². The van der Waals surface area contributed by atoms with Gasteiger partial charge in [-0.3, -0.25) is 9.59 Å². The second-order valence-electron chi connectivity index (χ2n) is 6.30. The molecule has 0 atom stereocenters. The summed E-state index contributed by atoms with van der Waals surface area (Å²) >= 11 is 12.1. The molecule has 0 aliphatic carbocycles. The fourth-order valence-electron chi connectivity index (χ4n) is 3.05. The molecule has 0 radical (unpaired) electrons. The van der Waals surface area contributed by atoms with Crippen molar-refractivity contribution < 1.29 is 19.4 Å². The largest absolute Gasteiger partial charge is 0.504 e. The van der Waals surface area contributed by atoms with Crippen LogP contribution in [0.5, 0.6) is 11.5 Å². The van der Waals surface area contributed by atoms with E-state index in [0.717, 1.165) is 6.07 Å². The van der Waals surface area contributed by atoms with Crippen LogP contribution in [0.4, 0.5) is 0 Å². The van der Waals surface area contributed by atoms with Gasteiger partial charge in [0.25, 0.3) is 0 Å². The van der Waals surface area contributed by atoms with Gasteiger partial charge >= 0.3 is 0 Å². The highest BCUT2D eigenvalue weighted by atomic mass is 35.5. The molecule has 0 fully saturated rings. The molecule has 5 nitrogen and oxygen atoms in total. The maximum Gasteiger partial charge on any atom is 0.204 e. The fraction of sp³-hybridized carbons (Fsp3) is 0. The Labute approximate surface area is 174 Å². The highest BCUT2D eigenvalue weighted by Gasteiger charge is 2.25.